The molecule has 0 bridgehead atoms. The molecule has 0 aliphatic heterocycles. The SMILES string of the molecule is COc1ccc(C(F)CN)c(F)c1. The maximum atomic E-state index is 13.1. The first-order valence-electron chi connectivity index (χ1n) is 3.86. The molecular weight excluding hydrogens is 176 g/mol. The van der Waals surface area contributed by atoms with Gasteiger partial charge in [-0.1, -0.05) is 0 Å². The summed E-state index contributed by atoms with van der Waals surface area (Å²) < 4.78 is 30.8. The summed E-state index contributed by atoms with van der Waals surface area (Å²) in [6.07, 6.45) is -1.45. The van der Waals surface area contributed by atoms with E-state index in [-0.39, 0.29) is 12.1 Å². The molecule has 0 saturated heterocycles. The van der Waals surface area contributed by atoms with Gasteiger partial charge in [0, 0.05) is 18.2 Å². The molecule has 0 saturated carbocycles. The molecule has 1 aromatic carbocycles. The number of benzene rings is 1. The lowest BCUT2D eigenvalue weighted by atomic mass is 10.1. The lowest BCUT2D eigenvalue weighted by molar-refractivity contribution is 0.339. The van der Waals surface area contributed by atoms with Gasteiger partial charge in [0.25, 0.3) is 0 Å². The van der Waals surface area contributed by atoms with Crippen molar-refractivity contribution < 1.29 is 13.5 Å². The number of nitrogens with two attached hydrogens (primary N) is 1. The minimum atomic E-state index is -1.45. The van der Waals surface area contributed by atoms with E-state index in [0.29, 0.717) is 5.75 Å². The Bertz CT molecular complexity index is 291. The zero-order valence-corrected chi connectivity index (χ0v) is 7.26. The number of halogens is 2. The second-order valence-electron chi connectivity index (χ2n) is 2.59. The molecule has 0 radical (unpaired) electrons. The summed E-state index contributed by atoms with van der Waals surface area (Å²) in [6.45, 7) is -0.219. The molecule has 1 unspecified atom stereocenters. The predicted molar refractivity (Wildman–Crippen MR) is 45.9 cm³/mol. The Labute approximate surface area is 75.3 Å². The zero-order valence-electron chi connectivity index (χ0n) is 7.26. The largest absolute Gasteiger partial charge is 0.497 e. The first-order valence-corrected chi connectivity index (χ1v) is 3.86. The van der Waals surface area contributed by atoms with E-state index in [2.05, 4.69) is 0 Å². The Balaban J connectivity index is 2.98. The summed E-state index contributed by atoms with van der Waals surface area (Å²) >= 11 is 0. The monoisotopic (exact) mass is 187 g/mol. The highest BCUT2D eigenvalue weighted by molar-refractivity contribution is 5.30. The van der Waals surface area contributed by atoms with Crippen molar-refractivity contribution in [1.82, 2.24) is 0 Å². The molecule has 0 fully saturated rings. The second-order valence-corrected chi connectivity index (χ2v) is 2.59. The average molecular weight is 187 g/mol. The maximum Gasteiger partial charge on any atom is 0.140 e. The molecule has 0 amide bonds. The Kier molecular flexibility index (Phi) is 3.19. The Morgan fingerprint density at radius 2 is 2.23 bits per heavy atom. The topological polar surface area (TPSA) is 35.2 Å². The highest BCUT2D eigenvalue weighted by Gasteiger charge is 2.13. The standard InChI is InChI=1S/C9H11F2NO/c1-13-6-2-3-7(8(10)4-6)9(11)5-12/h2-4,9H,5,12H2,1H3. The summed E-state index contributed by atoms with van der Waals surface area (Å²) in [5.41, 5.74) is 5.05. The minimum absolute atomic E-state index is 0.0247. The Morgan fingerprint density at radius 1 is 1.54 bits per heavy atom. The number of hydrogen-bond acceptors (Lipinski definition) is 2. The van der Waals surface area contributed by atoms with Crippen molar-refractivity contribution in [2.45, 2.75) is 6.17 Å². The van der Waals surface area contributed by atoms with E-state index in [4.69, 9.17) is 10.5 Å². The van der Waals surface area contributed by atoms with Gasteiger partial charge in [-0.25, -0.2) is 8.78 Å². The van der Waals surface area contributed by atoms with Crippen molar-refractivity contribution >= 4 is 0 Å². The van der Waals surface area contributed by atoms with Gasteiger partial charge in [-0.15, -0.1) is 0 Å². The fourth-order valence-electron chi connectivity index (χ4n) is 1.02. The van der Waals surface area contributed by atoms with Crippen molar-refractivity contribution in [2.75, 3.05) is 13.7 Å². The van der Waals surface area contributed by atoms with Gasteiger partial charge in [-0.05, 0) is 12.1 Å². The lowest BCUT2D eigenvalue weighted by Gasteiger charge is -2.07. The summed E-state index contributed by atoms with van der Waals surface area (Å²) in [7, 11) is 1.42. The van der Waals surface area contributed by atoms with Gasteiger partial charge in [0.2, 0.25) is 0 Å². The van der Waals surface area contributed by atoms with Gasteiger partial charge < -0.3 is 10.5 Å². The first kappa shape index (κ1) is 9.92. The van der Waals surface area contributed by atoms with Gasteiger partial charge in [-0.3, -0.25) is 0 Å². The maximum absolute atomic E-state index is 13.1. The van der Waals surface area contributed by atoms with Crippen LogP contribution in [-0.2, 0) is 0 Å². The summed E-state index contributed by atoms with van der Waals surface area (Å²) in [5.74, 6) is -0.261. The van der Waals surface area contributed by atoms with E-state index in [9.17, 15) is 8.78 Å². The van der Waals surface area contributed by atoms with E-state index >= 15 is 0 Å². The molecule has 0 aliphatic carbocycles. The normalized spacial score (nSPS) is 12.6. The molecule has 0 aliphatic rings. The molecule has 13 heavy (non-hydrogen) atoms. The fourth-order valence-corrected chi connectivity index (χ4v) is 1.02. The minimum Gasteiger partial charge on any atom is -0.497 e. The Hall–Kier alpha value is -1.16. The van der Waals surface area contributed by atoms with E-state index in [1.165, 1.54) is 19.2 Å². The number of alkyl halides is 1. The lowest BCUT2D eigenvalue weighted by Crippen LogP contribution is -2.09. The third-order valence-corrected chi connectivity index (χ3v) is 1.75. The third-order valence-electron chi connectivity index (χ3n) is 1.75. The van der Waals surface area contributed by atoms with Crippen LogP contribution in [0, 0.1) is 5.82 Å². The van der Waals surface area contributed by atoms with Crippen LogP contribution in [-0.4, -0.2) is 13.7 Å². The summed E-state index contributed by atoms with van der Waals surface area (Å²) in [6, 6.07) is 3.98. The van der Waals surface area contributed by atoms with Crippen LogP contribution >= 0.6 is 0 Å². The molecule has 2 nitrogen and oxygen atoms in total. The highest BCUT2D eigenvalue weighted by atomic mass is 19.1. The van der Waals surface area contributed by atoms with E-state index in [0.717, 1.165) is 6.07 Å². The molecule has 2 N–H and O–H groups in total. The highest BCUT2D eigenvalue weighted by Crippen LogP contribution is 2.23. The molecule has 72 valence electrons. The van der Waals surface area contributed by atoms with Crippen molar-refractivity contribution in [2.24, 2.45) is 5.73 Å². The number of methoxy groups -OCH3 is 1. The van der Waals surface area contributed by atoms with E-state index in [1.807, 2.05) is 0 Å². The molecule has 4 heteroatoms. The molecule has 0 heterocycles. The molecule has 0 spiro atoms. The molecule has 1 aromatic rings. The summed E-state index contributed by atoms with van der Waals surface area (Å²) in [5, 5.41) is 0. The van der Waals surface area contributed by atoms with E-state index in [1.54, 1.807) is 0 Å². The van der Waals surface area contributed by atoms with Crippen LogP contribution in [0.5, 0.6) is 5.75 Å². The number of rotatable bonds is 3. The third kappa shape index (κ3) is 2.15. The fraction of sp³-hybridized carbons (Fsp3) is 0.333. The molecular formula is C9H11F2NO. The van der Waals surface area contributed by atoms with E-state index < -0.39 is 12.0 Å². The number of hydrogen-bond donors (Lipinski definition) is 1. The molecule has 1 atom stereocenters. The van der Waals surface area contributed by atoms with Crippen LogP contribution in [0.4, 0.5) is 8.78 Å². The first-order chi connectivity index (χ1) is 6.19. The average Bonchev–Trinajstić information content (AvgIpc) is 2.16. The van der Waals surface area contributed by atoms with Crippen LogP contribution in [0.1, 0.15) is 11.7 Å². The van der Waals surface area contributed by atoms with Gasteiger partial charge in [0.1, 0.15) is 17.7 Å². The van der Waals surface area contributed by atoms with Crippen molar-refractivity contribution in [3.63, 3.8) is 0 Å². The van der Waals surface area contributed by atoms with Crippen molar-refractivity contribution in [3.8, 4) is 5.75 Å². The van der Waals surface area contributed by atoms with Crippen LogP contribution in [0.2, 0.25) is 0 Å². The van der Waals surface area contributed by atoms with Crippen molar-refractivity contribution in [1.29, 1.82) is 0 Å². The summed E-state index contributed by atoms with van der Waals surface area (Å²) in [4.78, 5) is 0. The van der Waals surface area contributed by atoms with Crippen LogP contribution in [0.25, 0.3) is 0 Å². The van der Waals surface area contributed by atoms with Crippen molar-refractivity contribution in [3.05, 3.63) is 29.6 Å². The van der Waals surface area contributed by atoms with Crippen LogP contribution < -0.4 is 10.5 Å². The van der Waals surface area contributed by atoms with Crippen LogP contribution in [0.15, 0.2) is 18.2 Å². The number of ether oxygens (including phenoxy) is 1. The quantitative estimate of drug-likeness (QED) is 0.783. The smallest absolute Gasteiger partial charge is 0.140 e. The van der Waals surface area contributed by atoms with Gasteiger partial charge in [0.05, 0.1) is 7.11 Å². The van der Waals surface area contributed by atoms with Crippen LogP contribution in [0.3, 0.4) is 0 Å². The van der Waals surface area contributed by atoms with Gasteiger partial charge >= 0.3 is 0 Å². The van der Waals surface area contributed by atoms with Gasteiger partial charge in [0.15, 0.2) is 0 Å². The van der Waals surface area contributed by atoms with Gasteiger partial charge in [-0.2, -0.15) is 0 Å². The molecule has 1 rings (SSSR count). The molecule has 0 aromatic heterocycles. The predicted octanol–water partition coefficient (Wildman–Crippen LogP) is 1.80. The zero-order chi connectivity index (χ0) is 9.84. The second kappa shape index (κ2) is 4.18. The Morgan fingerprint density at radius 3 is 2.69 bits per heavy atom.